The lowest BCUT2D eigenvalue weighted by Crippen LogP contribution is -2.38. The van der Waals surface area contributed by atoms with E-state index in [9.17, 15) is 9.59 Å². The number of nitrogens with zero attached hydrogens (tertiary/aromatic N) is 3. The normalized spacial score (nSPS) is 12.2. The van der Waals surface area contributed by atoms with Crippen molar-refractivity contribution < 1.29 is 4.79 Å². The van der Waals surface area contributed by atoms with E-state index in [-0.39, 0.29) is 11.5 Å². The maximum absolute atomic E-state index is 13.4. The number of halogens is 3. The Morgan fingerprint density at radius 3 is 2.48 bits per heavy atom. The molecule has 3 rings (SSSR count). The fraction of sp³-hybridized carbons (Fsp3) is 0.348. The second kappa shape index (κ2) is 10.0. The van der Waals surface area contributed by atoms with E-state index in [1.54, 1.807) is 45.9 Å². The summed E-state index contributed by atoms with van der Waals surface area (Å²) in [5.74, 6) is 0.347. The van der Waals surface area contributed by atoms with Crippen molar-refractivity contribution in [3.63, 3.8) is 0 Å². The molecule has 0 saturated carbocycles. The molecule has 164 valence electrons. The Kier molecular flexibility index (Phi) is 7.63. The van der Waals surface area contributed by atoms with Gasteiger partial charge in [-0.3, -0.25) is 14.2 Å². The Labute approximate surface area is 196 Å². The van der Waals surface area contributed by atoms with Crippen molar-refractivity contribution in [2.75, 3.05) is 6.54 Å². The van der Waals surface area contributed by atoms with Crippen LogP contribution in [0.3, 0.4) is 0 Å². The third kappa shape index (κ3) is 4.89. The number of fused-ring (bicyclic) bond motifs is 1. The molecule has 0 spiro atoms. The first-order valence-electron chi connectivity index (χ1n) is 10.2. The number of hydrogen-bond acceptors (Lipinski definition) is 3. The fourth-order valence-electron chi connectivity index (χ4n) is 3.57. The summed E-state index contributed by atoms with van der Waals surface area (Å²) in [6, 6.07) is 9.47. The number of rotatable bonds is 7. The molecule has 0 aliphatic heterocycles. The average molecular weight is 481 g/mol. The minimum absolute atomic E-state index is 0.172. The highest BCUT2D eigenvalue weighted by Crippen LogP contribution is 2.27. The Morgan fingerprint density at radius 2 is 1.84 bits per heavy atom. The van der Waals surface area contributed by atoms with Gasteiger partial charge in [0.15, 0.2) is 0 Å². The van der Waals surface area contributed by atoms with Crippen LogP contribution in [-0.2, 0) is 6.54 Å². The molecule has 0 aliphatic rings. The molecule has 0 N–H and O–H groups in total. The quantitative estimate of drug-likeness (QED) is 0.394. The van der Waals surface area contributed by atoms with Gasteiger partial charge >= 0.3 is 0 Å². The van der Waals surface area contributed by atoms with Gasteiger partial charge in [0.25, 0.3) is 11.5 Å². The number of unbranched alkanes of at least 4 members (excludes halogenated alkanes) is 1. The molecule has 1 aromatic heterocycles. The lowest BCUT2D eigenvalue weighted by molar-refractivity contribution is 0.0676. The molecule has 2 aromatic carbocycles. The maximum Gasteiger partial charge on any atom is 0.261 e. The van der Waals surface area contributed by atoms with Gasteiger partial charge in [-0.1, -0.05) is 48.1 Å². The second-order valence-corrected chi connectivity index (χ2v) is 8.59. The van der Waals surface area contributed by atoms with Crippen LogP contribution in [0.5, 0.6) is 0 Å². The monoisotopic (exact) mass is 479 g/mol. The van der Waals surface area contributed by atoms with Crippen LogP contribution in [0.2, 0.25) is 15.1 Å². The van der Waals surface area contributed by atoms with Gasteiger partial charge in [0.2, 0.25) is 0 Å². The molecule has 5 nitrogen and oxygen atoms in total. The predicted octanol–water partition coefficient (Wildman–Crippen LogP) is 6.38. The SMILES string of the molecule is CCCCN(C(=O)c1ccc(Cl)c(Cl)c1)C(C)c1nc2ccc(Cl)cc2c(=O)n1CC. The van der Waals surface area contributed by atoms with Crippen LogP contribution >= 0.6 is 34.8 Å². The van der Waals surface area contributed by atoms with Gasteiger partial charge in [0.05, 0.1) is 27.0 Å². The van der Waals surface area contributed by atoms with Gasteiger partial charge in [-0.25, -0.2) is 4.98 Å². The molecule has 0 saturated heterocycles. The number of amides is 1. The van der Waals surface area contributed by atoms with Gasteiger partial charge in [-0.15, -0.1) is 0 Å². The van der Waals surface area contributed by atoms with Crippen LogP contribution in [-0.4, -0.2) is 26.9 Å². The highest BCUT2D eigenvalue weighted by Gasteiger charge is 2.27. The highest BCUT2D eigenvalue weighted by atomic mass is 35.5. The number of benzene rings is 2. The Morgan fingerprint density at radius 1 is 1.10 bits per heavy atom. The summed E-state index contributed by atoms with van der Waals surface area (Å²) >= 11 is 18.2. The highest BCUT2D eigenvalue weighted by molar-refractivity contribution is 6.42. The van der Waals surface area contributed by atoms with Crippen LogP contribution in [0.1, 0.15) is 55.8 Å². The van der Waals surface area contributed by atoms with Crippen LogP contribution in [0.15, 0.2) is 41.2 Å². The summed E-state index contributed by atoms with van der Waals surface area (Å²) in [6.45, 7) is 6.78. The Bertz CT molecular complexity index is 1180. The molecule has 8 heteroatoms. The minimum atomic E-state index is -0.429. The van der Waals surface area contributed by atoms with Crippen molar-refractivity contribution in [1.82, 2.24) is 14.5 Å². The van der Waals surface area contributed by atoms with E-state index in [1.165, 1.54) is 0 Å². The van der Waals surface area contributed by atoms with Gasteiger partial charge in [-0.2, -0.15) is 0 Å². The van der Waals surface area contributed by atoms with Crippen molar-refractivity contribution in [2.24, 2.45) is 0 Å². The van der Waals surface area contributed by atoms with E-state index < -0.39 is 6.04 Å². The first-order chi connectivity index (χ1) is 14.8. The van der Waals surface area contributed by atoms with Crippen molar-refractivity contribution in [2.45, 2.75) is 46.2 Å². The van der Waals surface area contributed by atoms with E-state index in [0.29, 0.717) is 50.4 Å². The summed E-state index contributed by atoms with van der Waals surface area (Å²) in [7, 11) is 0. The van der Waals surface area contributed by atoms with Gasteiger partial charge < -0.3 is 4.90 Å². The van der Waals surface area contributed by atoms with E-state index in [2.05, 4.69) is 6.92 Å². The molecule has 0 bridgehead atoms. The zero-order valence-electron chi connectivity index (χ0n) is 17.7. The Balaban J connectivity index is 2.11. The van der Waals surface area contributed by atoms with Crippen molar-refractivity contribution in [1.29, 1.82) is 0 Å². The fourth-order valence-corrected chi connectivity index (χ4v) is 4.04. The molecule has 0 fully saturated rings. The molecule has 1 atom stereocenters. The molecule has 1 heterocycles. The summed E-state index contributed by atoms with van der Waals surface area (Å²) in [5, 5.41) is 1.65. The number of carbonyl (C=O) groups excluding carboxylic acids is 1. The number of hydrogen-bond donors (Lipinski definition) is 0. The third-order valence-corrected chi connectivity index (χ3v) is 6.26. The second-order valence-electron chi connectivity index (χ2n) is 7.34. The molecule has 31 heavy (non-hydrogen) atoms. The zero-order valence-corrected chi connectivity index (χ0v) is 19.9. The molecule has 0 radical (unpaired) electrons. The lowest BCUT2D eigenvalue weighted by Gasteiger charge is -2.30. The smallest absolute Gasteiger partial charge is 0.261 e. The van der Waals surface area contributed by atoms with E-state index in [4.69, 9.17) is 39.8 Å². The van der Waals surface area contributed by atoms with E-state index >= 15 is 0 Å². The summed E-state index contributed by atoms with van der Waals surface area (Å²) in [6.07, 6.45) is 1.74. The van der Waals surface area contributed by atoms with Crippen LogP contribution in [0, 0.1) is 0 Å². The number of aromatic nitrogens is 2. The minimum Gasteiger partial charge on any atom is -0.329 e. The summed E-state index contributed by atoms with van der Waals surface area (Å²) in [4.78, 5) is 33.0. The molecule has 0 aliphatic carbocycles. The molecule has 1 unspecified atom stereocenters. The Hall–Kier alpha value is -2.08. The van der Waals surface area contributed by atoms with Crippen molar-refractivity contribution in [3.05, 3.63) is 73.2 Å². The van der Waals surface area contributed by atoms with Gasteiger partial charge in [0, 0.05) is 23.7 Å². The first kappa shape index (κ1) is 23.6. The summed E-state index contributed by atoms with van der Waals surface area (Å²) < 4.78 is 1.60. The van der Waals surface area contributed by atoms with Crippen molar-refractivity contribution in [3.8, 4) is 0 Å². The first-order valence-corrected chi connectivity index (χ1v) is 11.4. The van der Waals surface area contributed by atoms with Gasteiger partial charge in [-0.05, 0) is 56.7 Å². The zero-order chi connectivity index (χ0) is 22.7. The van der Waals surface area contributed by atoms with E-state index in [1.807, 2.05) is 13.8 Å². The predicted molar refractivity (Wildman–Crippen MR) is 128 cm³/mol. The topological polar surface area (TPSA) is 55.2 Å². The van der Waals surface area contributed by atoms with Gasteiger partial charge in [0.1, 0.15) is 5.82 Å². The number of carbonyl (C=O) groups is 1. The van der Waals surface area contributed by atoms with Crippen molar-refractivity contribution >= 4 is 51.6 Å². The van der Waals surface area contributed by atoms with Crippen LogP contribution < -0.4 is 5.56 Å². The molecular weight excluding hydrogens is 457 g/mol. The largest absolute Gasteiger partial charge is 0.329 e. The summed E-state index contributed by atoms with van der Waals surface area (Å²) in [5.41, 5.74) is 0.822. The standard InChI is InChI=1S/C23H24Cl3N3O2/c1-4-6-11-29(22(30)15-7-9-18(25)19(26)12-15)14(3)21-27-20-10-8-16(24)13-17(20)23(31)28(21)5-2/h7-10,12-14H,4-6,11H2,1-3H3. The third-order valence-electron chi connectivity index (χ3n) is 5.28. The van der Waals surface area contributed by atoms with Crippen LogP contribution in [0.4, 0.5) is 0 Å². The molecule has 3 aromatic rings. The van der Waals surface area contributed by atoms with E-state index in [0.717, 1.165) is 12.8 Å². The molecular formula is C23H24Cl3N3O2. The van der Waals surface area contributed by atoms with Crippen LogP contribution in [0.25, 0.3) is 10.9 Å². The lowest BCUT2D eigenvalue weighted by atomic mass is 10.1. The average Bonchev–Trinajstić information content (AvgIpc) is 2.75. The maximum atomic E-state index is 13.4. The molecule has 1 amide bonds.